The van der Waals surface area contributed by atoms with E-state index in [4.69, 9.17) is 0 Å². The van der Waals surface area contributed by atoms with Crippen LogP contribution in [0.1, 0.15) is 18.4 Å². The summed E-state index contributed by atoms with van der Waals surface area (Å²) in [6, 6.07) is 6.87. The zero-order valence-corrected chi connectivity index (χ0v) is 10.9. The fraction of sp³-hybridized carbons (Fsp3) is 0.429. The first-order valence-electron chi connectivity index (χ1n) is 6.36. The minimum Gasteiger partial charge on any atom is -0.508 e. The van der Waals surface area contributed by atoms with E-state index >= 15 is 0 Å². The standard InChI is InChI=1S/C14H18N2O3/c1-16(9-10-3-2-4-12(17)7-10)14(19)11-5-6-13(18)15-8-11/h2-4,7,11,17H,5-6,8-9H2,1H3,(H,15,18). The first-order valence-corrected chi connectivity index (χ1v) is 6.36. The molecule has 1 unspecified atom stereocenters. The van der Waals surface area contributed by atoms with Crippen molar-refractivity contribution in [3.05, 3.63) is 29.8 Å². The van der Waals surface area contributed by atoms with Crippen LogP contribution in [-0.2, 0) is 16.1 Å². The third-order valence-electron chi connectivity index (χ3n) is 3.32. The number of nitrogens with one attached hydrogen (secondary N) is 1. The smallest absolute Gasteiger partial charge is 0.227 e. The van der Waals surface area contributed by atoms with Crippen molar-refractivity contribution in [3.63, 3.8) is 0 Å². The molecule has 0 aromatic heterocycles. The molecule has 102 valence electrons. The van der Waals surface area contributed by atoms with E-state index in [0.29, 0.717) is 25.9 Å². The molecule has 1 saturated heterocycles. The highest BCUT2D eigenvalue weighted by Crippen LogP contribution is 2.16. The second-order valence-corrected chi connectivity index (χ2v) is 4.90. The first-order chi connectivity index (χ1) is 9.06. The van der Waals surface area contributed by atoms with Gasteiger partial charge in [0.25, 0.3) is 0 Å². The number of carbonyl (C=O) groups excluding carboxylic acids is 2. The molecule has 1 aromatic rings. The fourth-order valence-electron chi connectivity index (χ4n) is 2.26. The topological polar surface area (TPSA) is 69.6 Å². The zero-order valence-electron chi connectivity index (χ0n) is 10.9. The van der Waals surface area contributed by atoms with Crippen molar-refractivity contribution in [1.29, 1.82) is 0 Å². The van der Waals surface area contributed by atoms with Gasteiger partial charge in [-0.1, -0.05) is 12.1 Å². The molecule has 1 heterocycles. The highest BCUT2D eigenvalue weighted by Gasteiger charge is 2.26. The van der Waals surface area contributed by atoms with Crippen molar-refractivity contribution in [3.8, 4) is 5.75 Å². The maximum atomic E-state index is 12.2. The molecule has 0 radical (unpaired) electrons. The molecule has 5 nitrogen and oxygen atoms in total. The van der Waals surface area contributed by atoms with Crippen LogP contribution in [0.15, 0.2) is 24.3 Å². The maximum Gasteiger partial charge on any atom is 0.227 e. The average Bonchev–Trinajstić information content (AvgIpc) is 2.39. The lowest BCUT2D eigenvalue weighted by molar-refractivity contribution is -0.136. The van der Waals surface area contributed by atoms with E-state index in [1.165, 1.54) is 0 Å². The molecule has 5 heteroatoms. The zero-order chi connectivity index (χ0) is 13.8. The second-order valence-electron chi connectivity index (χ2n) is 4.90. The molecular formula is C14H18N2O3. The van der Waals surface area contributed by atoms with Crippen LogP contribution in [0.4, 0.5) is 0 Å². The van der Waals surface area contributed by atoms with Crippen molar-refractivity contribution in [2.75, 3.05) is 13.6 Å². The number of rotatable bonds is 3. The number of aromatic hydroxyl groups is 1. The summed E-state index contributed by atoms with van der Waals surface area (Å²) in [7, 11) is 1.74. The SMILES string of the molecule is CN(Cc1cccc(O)c1)C(=O)C1CCC(=O)NC1. The van der Waals surface area contributed by atoms with Crippen LogP contribution in [-0.4, -0.2) is 35.4 Å². The molecule has 1 atom stereocenters. The van der Waals surface area contributed by atoms with Gasteiger partial charge in [-0.2, -0.15) is 0 Å². The summed E-state index contributed by atoms with van der Waals surface area (Å²) < 4.78 is 0. The summed E-state index contributed by atoms with van der Waals surface area (Å²) in [6.45, 7) is 0.875. The van der Waals surface area contributed by atoms with Gasteiger partial charge in [-0.3, -0.25) is 9.59 Å². The van der Waals surface area contributed by atoms with Crippen LogP contribution >= 0.6 is 0 Å². The lowest BCUT2D eigenvalue weighted by atomic mass is 9.97. The van der Waals surface area contributed by atoms with Crippen LogP contribution in [0, 0.1) is 5.92 Å². The predicted octanol–water partition coefficient (Wildman–Crippen LogP) is 0.877. The van der Waals surface area contributed by atoms with E-state index < -0.39 is 0 Å². The molecule has 0 spiro atoms. The summed E-state index contributed by atoms with van der Waals surface area (Å²) >= 11 is 0. The van der Waals surface area contributed by atoms with Crippen molar-refractivity contribution in [2.24, 2.45) is 5.92 Å². The third kappa shape index (κ3) is 3.47. The lowest BCUT2D eigenvalue weighted by Crippen LogP contribution is -2.43. The predicted molar refractivity (Wildman–Crippen MR) is 70.3 cm³/mol. The minimum absolute atomic E-state index is 0.0136. The lowest BCUT2D eigenvalue weighted by Gasteiger charge is -2.26. The van der Waals surface area contributed by atoms with E-state index in [0.717, 1.165) is 5.56 Å². The molecule has 1 aliphatic heterocycles. The summed E-state index contributed by atoms with van der Waals surface area (Å²) in [5.41, 5.74) is 0.885. The Labute approximate surface area is 112 Å². The molecular weight excluding hydrogens is 244 g/mol. The highest BCUT2D eigenvalue weighted by atomic mass is 16.3. The average molecular weight is 262 g/mol. The van der Waals surface area contributed by atoms with Gasteiger partial charge in [0.05, 0.1) is 5.92 Å². The molecule has 0 bridgehead atoms. The molecule has 2 N–H and O–H groups in total. The van der Waals surface area contributed by atoms with E-state index in [-0.39, 0.29) is 23.5 Å². The summed E-state index contributed by atoms with van der Waals surface area (Å²) in [6.07, 6.45) is 1.02. The van der Waals surface area contributed by atoms with Crippen molar-refractivity contribution in [1.82, 2.24) is 10.2 Å². The monoisotopic (exact) mass is 262 g/mol. The Bertz CT molecular complexity index is 477. The van der Waals surface area contributed by atoms with E-state index in [2.05, 4.69) is 5.32 Å². The number of piperidine rings is 1. The van der Waals surface area contributed by atoms with Gasteiger partial charge < -0.3 is 15.3 Å². The Hall–Kier alpha value is -2.04. The van der Waals surface area contributed by atoms with Gasteiger partial charge in [0.1, 0.15) is 5.75 Å². The summed E-state index contributed by atoms with van der Waals surface area (Å²) in [4.78, 5) is 24.9. The molecule has 0 aliphatic carbocycles. The van der Waals surface area contributed by atoms with Gasteiger partial charge in [0.15, 0.2) is 0 Å². The van der Waals surface area contributed by atoms with Crippen LogP contribution in [0.25, 0.3) is 0 Å². The first kappa shape index (κ1) is 13.4. The van der Waals surface area contributed by atoms with Gasteiger partial charge in [0, 0.05) is 26.6 Å². The Morgan fingerprint density at radius 1 is 1.53 bits per heavy atom. The van der Waals surface area contributed by atoms with Crippen LogP contribution in [0.2, 0.25) is 0 Å². The summed E-state index contributed by atoms with van der Waals surface area (Å²) in [5, 5.41) is 12.1. The normalized spacial score (nSPS) is 18.8. The van der Waals surface area contributed by atoms with Crippen molar-refractivity contribution >= 4 is 11.8 Å². The van der Waals surface area contributed by atoms with Crippen molar-refractivity contribution in [2.45, 2.75) is 19.4 Å². The largest absolute Gasteiger partial charge is 0.508 e. The number of nitrogens with zero attached hydrogens (tertiary/aromatic N) is 1. The number of carbonyl (C=O) groups is 2. The molecule has 1 fully saturated rings. The van der Waals surface area contributed by atoms with Gasteiger partial charge in [0.2, 0.25) is 11.8 Å². The molecule has 0 saturated carbocycles. The Balaban J connectivity index is 1.94. The molecule has 19 heavy (non-hydrogen) atoms. The van der Waals surface area contributed by atoms with E-state index in [9.17, 15) is 14.7 Å². The van der Waals surface area contributed by atoms with E-state index in [1.807, 2.05) is 6.07 Å². The van der Waals surface area contributed by atoms with Gasteiger partial charge in [-0.25, -0.2) is 0 Å². The quantitative estimate of drug-likeness (QED) is 0.849. The number of amides is 2. The molecule has 1 aromatic carbocycles. The maximum absolute atomic E-state index is 12.2. The third-order valence-corrected chi connectivity index (χ3v) is 3.32. The van der Waals surface area contributed by atoms with Crippen LogP contribution in [0.5, 0.6) is 5.75 Å². The number of benzene rings is 1. The van der Waals surface area contributed by atoms with Crippen molar-refractivity contribution < 1.29 is 14.7 Å². The van der Waals surface area contributed by atoms with Crippen LogP contribution < -0.4 is 5.32 Å². The Morgan fingerprint density at radius 2 is 2.32 bits per heavy atom. The fourth-order valence-corrected chi connectivity index (χ4v) is 2.26. The molecule has 2 amide bonds. The van der Waals surface area contributed by atoms with Gasteiger partial charge in [-0.15, -0.1) is 0 Å². The Morgan fingerprint density at radius 3 is 2.95 bits per heavy atom. The van der Waals surface area contributed by atoms with Crippen LogP contribution in [0.3, 0.4) is 0 Å². The highest BCUT2D eigenvalue weighted by molar-refractivity contribution is 5.83. The number of phenolic OH excluding ortho intramolecular Hbond substituents is 1. The van der Waals surface area contributed by atoms with Gasteiger partial charge in [-0.05, 0) is 24.1 Å². The number of hydrogen-bond donors (Lipinski definition) is 2. The summed E-state index contributed by atoms with van der Waals surface area (Å²) in [5.74, 6) is 0.103. The minimum atomic E-state index is -0.139. The number of phenols is 1. The molecule has 1 aliphatic rings. The van der Waals surface area contributed by atoms with E-state index in [1.54, 1.807) is 30.1 Å². The number of hydrogen-bond acceptors (Lipinski definition) is 3. The second kappa shape index (κ2) is 5.73. The Kier molecular flexibility index (Phi) is 4.04. The molecule has 2 rings (SSSR count). The van der Waals surface area contributed by atoms with Gasteiger partial charge >= 0.3 is 0 Å².